The molecule has 0 spiro atoms. The number of fused-ring (bicyclic) bond motifs is 1. The van der Waals surface area contributed by atoms with Crippen LogP contribution in [0.4, 0.5) is 0 Å². The molecule has 0 aromatic rings. The first-order chi connectivity index (χ1) is 5.38. The topological polar surface area (TPSA) is 26.3 Å². The fourth-order valence-electron chi connectivity index (χ4n) is 1.26. The molecule has 2 rings (SSSR count). The summed E-state index contributed by atoms with van der Waals surface area (Å²) in [4.78, 5) is 11.1. The van der Waals surface area contributed by atoms with Gasteiger partial charge in [0.05, 0.1) is 5.57 Å². The van der Waals surface area contributed by atoms with Crippen molar-refractivity contribution in [3.8, 4) is 0 Å². The van der Waals surface area contributed by atoms with Crippen molar-refractivity contribution in [2.45, 2.75) is 6.42 Å². The van der Waals surface area contributed by atoms with Crippen molar-refractivity contribution < 1.29 is 9.53 Å². The Kier molecular flexibility index (Phi) is 1.39. The van der Waals surface area contributed by atoms with Crippen LogP contribution in [0.25, 0.3) is 0 Å². The summed E-state index contributed by atoms with van der Waals surface area (Å²) in [6.45, 7) is 0.430. The first kappa shape index (κ1) is 6.40. The third-order valence-electron chi connectivity index (χ3n) is 1.85. The zero-order valence-corrected chi connectivity index (χ0v) is 6.04. The quantitative estimate of drug-likeness (QED) is 0.485. The zero-order chi connectivity index (χ0) is 7.68. The molecule has 56 valence electrons. The van der Waals surface area contributed by atoms with E-state index in [4.69, 9.17) is 4.74 Å². The Bertz CT molecular complexity index is 282. The molecule has 2 aliphatic rings. The maximum Gasteiger partial charge on any atom is 0.338 e. The van der Waals surface area contributed by atoms with Crippen molar-refractivity contribution in [2.75, 3.05) is 6.61 Å². The van der Waals surface area contributed by atoms with E-state index in [-0.39, 0.29) is 5.97 Å². The SMILES string of the molecule is O=C1OCC=C2CC=CC=C12. The maximum absolute atomic E-state index is 11.1. The summed E-state index contributed by atoms with van der Waals surface area (Å²) in [5.74, 6) is -0.188. The molecule has 0 atom stereocenters. The molecule has 2 heteroatoms. The van der Waals surface area contributed by atoms with E-state index in [0.717, 1.165) is 17.6 Å². The molecule has 0 aromatic carbocycles. The first-order valence-corrected chi connectivity index (χ1v) is 3.61. The lowest BCUT2D eigenvalue weighted by Gasteiger charge is -2.16. The Morgan fingerprint density at radius 3 is 3.18 bits per heavy atom. The Balaban J connectivity index is 2.43. The van der Waals surface area contributed by atoms with Gasteiger partial charge < -0.3 is 4.74 Å². The van der Waals surface area contributed by atoms with Gasteiger partial charge in [-0.2, -0.15) is 0 Å². The summed E-state index contributed by atoms with van der Waals surface area (Å²) >= 11 is 0. The van der Waals surface area contributed by atoms with Crippen molar-refractivity contribution in [3.05, 3.63) is 35.5 Å². The molecule has 0 N–H and O–H groups in total. The summed E-state index contributed by atoms with van der Waals surface area (Å²) in [5, 5.41) is 0. The van der Waals surface area contributed by atoms with Crippen LogP contribution in [-0.4, -0.2) is 12.6 Å². The minimum Gasteiger partial charge on any atom is -0.458 e. The van der Waals surface area contributed by atoms with Gasteiger partial charge in [-0.3, -0.25) is 0 Å². The molecule has 1 heterocycles. The van der Waals surface area contributed by atoms with Crippen molar-refractivity contribution >= 4 is 5.97 Å². The Labute approximate surface area is 64.9 Å². The van der Waals surface area contributed by atoms with Crippen LogP contribution in [0, 0.1) is 0 Å². The second-order valence-corrected chi connectivity index (χ2v) is 2.54. The molecule has 0 radical (unpaired) electrons. The van der Waals surface area contributed by atoms with Crippen LogP contribution in [0.2, 0.25) is 0 Å². The van der Waals surface area contributed by atoms with Gasteiger partial charge in [-0.05, 0) is 24.1 Å². The number of esters is 1. The van der Waals surface area contributed by atoms with Crippen LogP contribution in [0.5, 0.6) is 0 Å². The Morgan fingerprint density at radius 2 is 2.36 bits per heavy atom. The molecular weight excluding hydrogens is 140 g/mol. The number of rotatable bonds is 0. The molecule has 0 saturated heterocycles. The molecule has 2 nitrogen and oxygen atoms in total. The third kappa shape index (κ3) is 1.00. The van der Waals surface area contributed by atoms with Crippen molar-refractivity contribution in [1.29, 1.82) is 0 Å². The zero-order valence-electron chi connectivity index (χ0n) is 6.04. The summed E-state index contributed by atoms with van der Waals surface area (Å²) in [5.41, 5.74) is 1.82. The molecule has 11 heavy (non-hydrogen) atoms. The minimum atomic E-state index is -0.188. The second-order valence-electron chi connectivity index (χ2n) is 2.54. The molecule has 0 unspecified atom stereocenters. The van der Waals surface area contributed by atoms with E-state index in [9.17, 15) is 4.79 Å². The predicted molar refractivity (Wildman–Crippen MR) is 40.9 cm³/mol. The largest absolute Gasteiger partial charge is 0.458 e. The van der Waals surface area contributed by atoms with E-state index in [2.05, 4.69) is 0 Å². The summed E-state index contributed by atoms with van der Waals surface area (Å²) in [6.07, 6.45) is 8.54. The van der Waals surface area contributed by atoms with Crippen LogP contribution in [0.15, 0.2) is 35.5 Å². The second kappa shape index (κ2) is 2.38. The van der Waals surface area contributed by atoms with E-state index in [1.807, 2.05) is 18.2 Å². The van der Waals surface area contributed by atoms with Crippen molar-refractivity contribution in [2.24, 2.45) is 0 Å². The molecule has 1 aliphatic carbocycles. The Hall–Kier alpha value is -1.31. The fourth-order valence-corrected chi connectivity index (χ4v) is 1.26. The van der Waals surface area contributed by atoms with Crippen molar-refractivity contribution in [1.82, 2.24) is 0 Å². The van der Waals surface area contributed by atoms with E-state index in [0.29, 0.717) is 6.61 Å². The highest BCUT2D eigenvalue weighted by Gasteiger charge is 2.19. The lowest BCUT2D eigenvalue weighted by atomic mass is 9.97. The van der Waals surface area contributed by atoms with Crippen LogP contribution < -0.4 is 0 Å². The standard InChI is InChI=1S/C9H8O2/c10-9-8-4-2-1-3-7(8)5-6-11-9/h1-2,4-5H,3,6H2. The van der Waals surface area contributed by atoms with Crippen LogP contribution in [0.1, 0.15) is 6.42 Å². The number of carbonyl (C=O) groups is 1. The van der Waals surface area contributed by atoms with E-state index in [1.54, 1.807) is 6.08 Å². The Morgan fingerprint density at radius 1 is 1.45 bits per heavy atom. The summed E-state index contributed by atoms with van der Waals surface area (Å²) in [7, 11) is 0. The lowest BCUT2D eigenvalue weighted by molar-refractivity contribution is -0.138. The van der Waals surface area contributed by atoms with Gasteiger partial charge >= 0.3 is 5.97 Å². The van der Waals surface area contributed by atoms with Crippen LogP contribution in [-0.2, 0) is 9.53 Å². The maximum atomic E-state index is 11.1. The average Bonchev–Trinajstić information content (AvgIpc) is 2.06. The lowest BCUT2D eigenvalue weighted by Crippen LogP contribution is -2.16. The number of hydrogen-bond donors (Lipinski definition) is 0. The predicted octanol–water partition coefficient (Wildman–Crippen LogP) is 1.36. The van der Waals surface area contributed by atoms with Crippen molar-refractivity contribution in [3.63, 3.8) is 0 Å². The smallest absolute Gasteiger partial charge is 0.338 e. The van der Waals surface area contributed by atoms with Gasteiger partial charge in [-0.1, -0.05) is 12.2 Å². The van der Waals surface area contributed by atoms with Crippen LogP contribution in [0.3, 0.4) is 0 Å². The highest BCUT2D eigenvalue weighted by molar-refractivity contribution is 5.95. The van der Waals surface area contributed by atoms with Gasteiger partial charge in [0.25, 0.3) is 0 Å². The fraction of sp³-hybridized carbons (Fsp3) is 0.222. The monoisotopic (exact) mass is 148 g/mol. The van der Waals surface area contributed by atoms with Gasteiger partial charge in [0.15, 0.2) is 0 Å². The summed E-state index contributed by atoms with van der Waals surface area (Å²) < 4.78 is 4.83. The highest BCUT2D eigenvalue weighted by atomic mass is 16.5. The molecule has 0 aromatic heterocycles. The molecule has 1 aliphatic heterocycles. The van der Waals surface area contributed by atoms with Gasteiger partial charge in [0, 0.05) is 0 Å². The highest BCUT2D eigenvalue weighted by Crippen LogP contribution is 2.23. The van der Waals surface area contributed by atoms with Gasteiger partial charge in [0.2, 0.25) is 0 Å². The number of hydrogen-bond acceptors (Lipinski definition) is 2. The van der Waals surface area contributed by atoms with Gasteiger partial charge in [-0.15, -0.1) is 0 Å². The molecule has 0 amide bonds. The number of cyclic esters (lactones) is 1. The molecular formula is C9H8O2. The minimum absolute atomic E-state index is 0.188. The number of carbonyl (C=O) groups excluding carboxylic acids is 1. The molecule has 0 fully saturated rings. The summed E-state index contributed by atoms with van der Waals surface area (Å²) in [6, 6.07) is 0. The number of allylic oxidation sites excluding steroid dienone is 3. The van der Waals surface area contributed by atoms with Gasteiger partial charge in [-0.25, -0.2) is 4.79 Å². The van der Waals surface area contributed by atoms with E-state index >= 15 is 0 Å². The normalized spacial score (nSPS) is 21.6. The number of ether oxygens (including phenoxy) is 1. The van der Waals surface area contributed by atoms with E-state index in [1.165, 1.54) is 0 Å². The van der Waals surface area contributed by atoms with E-state index < -0.39 is 0 Å². The third-order valence-corrected chi connectivity index (χ3v) is 1.85. The molecule has 0 saturated carbocycles. The molecule has 0 bridgehead atoms. The van der Waals surface area contributed by atoms with Crippen LogP contribution >= 0.6 is 0 Å². The average molecular weight is 148 g/mol. The van der Waals surface area contributed by atoms with Gasteiger partial charge in [0.1, 0.15) is 6.61 Å². The first-order valence-electron chi connectivity index (χ1n) is 3.61.